The predicted octanol–water partition coefficient (Wildman–Crippen LogP) is 4.62. The number of nitro groups is 1. The number of rotatable bonds is 4. The summed E-state index contributed by atoms with van der Waals surface area (Å²) in [6.45, 7) is -0.0519. The predicted molar refractivity (Wildman–Crippen MR) is 73.8 cm³/mol. The van der Waals surface area contributed by atoms with Gasteiger partial charge < -0.3 is 4.74 Å². The average Bonchev–Trinajstić information content (AvgIpc) is 2.39. The van der Waals surface area contributed by atoms with E-state index in [1.807, 2.05) is 0 Å². The maximum atomic E-state index is 13.1. The molecule has 0 aromatic heterocycles. The molecule has 0 N–H and O–H groups in total. The minimum Gasteiger partial charge on any atom is -0.482 e. The highest BCUT2D eigenvalue weighted by atomic mass is 35.5. The van der Waals surface area contributed by atoms with Gasteiger partial charge in [0.25, 0.3) is 0 Å². The van der Waals surface area contributed by atoms with Crippen LogP contribution in [0.1, 0.15) is 5.56 Å². The van der Waals surface area contributed by atoms with Gasteiger partial charge in [-0.15, -0.1) is 0 Å². The van der Waals surface area contributed by atoms with Crippen LogP contribution < -0.4 is 4.74 Å². The molecule has 104 valence electrons. The van der Waals surface area contributed by atoms with Gasteiger partial charge in [0.15, 0.2) is 5.75 Å². The smallest absolute Gasteiger partial charge is 0.311 e. The SMILES string of the molecule is O=[N+]([O-])c1ccc(F)cc1OCc1cc(Cl)ccc1Cl. The molecule has 2 rings (SSSR count). The standard InChI is InChI=1S/C13H8Cl2FNO3/c14-9-1-3-11(15)8(5-9)7-20-13-6-10(16)2-4-12(13)17(18)19/h1-6H,7H2. The molecule has 0 bridgehead atoms. The summed E-state index contributed by atoms with van der Waals surface area (Å²) >= 11 is 11.8. The highest BCUT2D eigenvalue weighted by Crippen LogP contribution is 2.29. The molecule has 20 heavy (non-hydrogen) atoms. The van der Waals surface area contributed by atoms with E-state index in [4.69, 9.17) is 27.9 Å². The lowest BCUT2D eigenvalue weighted by Crippen LogP contribution is -2.00. The molecule has 0 saturated heterocycles. The van der Waals surface area contributed by atoms with Gasteiger partial charge >= 0.3 is 5.69 Å². The van der Waals surface area contributed by atoms with Gasteiger partial charge in [-0.2, -0.15) is 0 Å². The molecule has 7 heteroatoms. The highest BCUT2D eigenvalue weighted by molar-refractivity contribution is 6.33. The summed E-state index contributed by atoms with van der Waals surface area (Å²) in [7, 11) is 0. The Labute approximate surface area is 123 Å². The third-order valence-electron chi connectivity index (χ3n) is 2.51. The van der Waals surface area contributed by atoms with Crippen LogP contribution in [0.5, 0.6) is 5.75 Å². The van der Waals surface area contributed by atoms with E-state index in [9.17, 15) is 14.5 Å². The monoisotopic (exact) mass is 315 g/mol. The van der Waals surface area contributed by atoms with E-state index >= 15 is 0 Å². The molecule has 0 saturated carbocycles. The van der Waals surface area contributed by atoms with Crippen LogP contribution in [-0.4, -0.2) is 4.92 Å². The van der Waals surface area contributed by atoms with Crippen LogP contribution >= 0.6 is 23.2 Å². The van der Waals surface area contributed by atoms with Crippen molar-refractivity contribution < 1.29 is 14.1 Å². The zero-order valence-corrected chi connectivity index (χ0v) is 11.5. The molecule has 2 aromatic rings. The summed E-state index contributed by atoms with van der Waals surface area (Å²) < 4.78 is 18.4. The van der Waals surface area contributed by atoms with Crippen molar-refractivity contribution in [2.24, 2.45) is 0 Å². The van der Waals surface area contributed by atoms with E-state index in [-0.39, 0.29) is 18.0 Å². The Kier molecular flexibility index (Phi) is 4.42. The molecule has 2 aromatic carbocycles. The van der Waals surface area contributed by atoms with Gasteiger partial charge in [0.2, 0.25) is 0 Å². The zero-order chi connectivity index (χ0) is 14.7. The molecule has 0 fully saturated rings. The van der Waals surface area contributed by atoms with Crippen LogP contribution in [0.4, 0.5) is 10.1 Å². The van der Waals surface area contributed by atoms with Crippen LogP contribution in [0.3, 0.4) is 0 Å². The van der Waals surface area contributed by atoms with Gasteiger partial charge in [0.1, 0.15) is 12.4 Å². The quantitative estimate of drug-likeness (QED) is 0.611. The number of nitrogens with zero attached hydrogens (tertiary/aromatic N) is 1. The number of benzene rings is 2. The van der Waals surface area contributed by atoms with Crippen molar-refractivity contribution in [3.05, 3.63) is 67.9 Å². The minimum atomic E-state index is -0.644. The normalized spacial score (nSPS) is 10.3. The van der Waals surface area contributed by atoms with Crippen molar-refractivity contribution in [1.82, 2.24) is 0 Å². The number of hydrogen-bond donors (Lipinski definition) is 0. The number of ether oxygens (including phenoxy) is 1. The van der Waals surface area contributed by atoms with Crippen molar-refractivity contribution in [2.45, 2.75) is 6.61 Å². The minimum absolute atomic E-state index is 0.0519. The molecule has 4 nitrogen and oxygen atoms in total. The average molecular weight is 316 g/mol. The summed E-state index contributed by atoms with van der Waals surface area (Å²) in [4.78, 5) is 10.2. The molecule has 0 amide bonds. The lowest BCUT2D eigenvalue weighted by Gasteiger charge is -2.08. The van der Waals surface area contributed by atoms with E-state index in [2.05, 4.69) is 0 Å². The Balaban J connectivity index is 2.24. The Hall–Kier alpha value is -1.85. The number of nitro benzene ring substituents is 1. The summed E-state index contributed by atoms with van der Waals surface area (Å²) in [6, 6.07) is 7.77. The highest BCUT2D eigenvalue weighted by Gasteiger charge is 2.16. The van der Waals surface area contributed by atoms with Crippen LogP contribution in [0, 0.1) is 15.9 Å². The third kappa shape index (κ3) is 3.37. The van der Waals surface area contributed by atoms with E-state index < -0.39 is 10.7 Å². The molecule has 0 unspecified atom stereocenters. The van der Waals surface area contributed by atoms with Gasteiger partial charge in [-0.1, -0.05) is 23.2 Å². The molecule has 0 spiro atoms. The Morgan fingerprint density at radius 2 is 1.95 bits per heavy atom. The molecule has 0 aliphatic rings. The summed E-state index contributed by atoms with van der Waals surface area (Å²) in [5, 5.41) is 11.7. The van der Waals surface area contributed by atoms with E-state index in [1.54, 1.807) is 18.2 Å². The summed E-state index contributed by atoms with van der Waals surface area (Å²) in [5.74, 6) is -0.783. The zero-order valence-electron chi connectivity index (χ0n) is 9.98. The van der Waals surface area contributed by atoms with Crippen molar-refractivity contribution >= 4 is 28.9 Å². The first-order chi connectivity index (χ1) is 9.47. The molecular weight excluding hydrogens is 308 g/mol. The molecule has 0 heterocycles. The van der Waals surface area contributed by atoms with Crippen molar-refractivity contribution in [2.75, 3.05) is 0 Å². The lowest BCUT2D eigenvalue weighted by atomic mass is 10.2. The molecule has 0 aliphatic carbocycles. The second-order valence-corrected chi connectivity index (χ2v) is 4.74. The van der Waals surface area contributed by atoms with Crippen molar-refractivity contribution in [1.29, 1.82) is 0 Å². The lowest BCUT2D eigenvalue weighted by molar-refractivity contribution is -0.386. The molecule has 0 aliphatic heterocycles. The first-order valence-corrected chi connectivity index (χ1v) is 6.23. The Morgan fingerprint density at radius 1 is 1.20 bits per heavy atom. The maximum Gasteiger partial charge on any atom is 0.311 e. The second kappa shape index (κ2) is 6.07. The van der Waals surface area contributed by atoms with Crippen molar-refractivity contribution in [3.63, 3.8) is 0 Å². The van der Waals surface area contributed by atoms with Gasteiger partial charge in [0.05, 0.1) is 4.92 Å². The van der Waals surface area contributed by atoms with Crippen LogP contribution in [0.25, 0.3) is 0 Å². The molecular formula is C13H8Cl2FNO3. The van der Waals surface area contributed by atoms with Crippen LogP contribution in [-0.2, 0) is 6.61 Å². The van der Waals surface area contributed by atoms with E-state index in [0.29, 0.717) is 15.6 Å². The fraction of sp³-hybridized carbons (Fsp3) is 0.0769. The van der Waals surface area contributed by atoms with E-state index in [1.165, 1.54) is 0 Å². The van der Waals surface area contributed by atoms with Crippen LogP contribution in [0.2, 0.25) is 10.0 Å². The Bertz CT molecular complexity index is 664. The first-order valence-electron chi connectivity index (χ1n) is 5.48. The van der Waals surface area contributed by atoms with Gasteiger partial charge in [0, 0.05) is 27.7 Å². The summed E-state index contributed by atoms with van der Waals surface area (Å²) in [5.41, 5.74) is 0.238. The molecule has 0 radical (unpaired) electrons. The largest absolute Gasteiger partial charge is 0.482 e. The van der Waals surface area contributed by atoms with Gasteiger partial charge in [-0.25, -0.2) is 4.39 Å². The Morgan fingerprint density at radius 3 is 2.65 bits per heavy atom. The molecule has 0 atom stereocenters. The fourth-order valence-corrected chi connectivity index (χ4v) is 1.93. The number of hydrogen-bond acceptors (Lipinski definition) is 3. The first kappa shape index (κ1) is 14.6. The third-order valence-corrected chi connectivity index (χ3v) is 3.11. The van der Waals surface area contributed by atoms with Gasteiger partial charge in [-0.3, -0.25) is 10.1 Å². The topological polar surface area (TPSA) is 52.4 Å². The summed E-state index contributed by atoms with van der Waals surface area (Å²) in [6.07, 6.45) is 0. The second-order valence-electron chi connectivity index (χ2n) is 3.89. The van der Waals surface area contributed by atoms with E-state index in [0.717, 1.165) is 18.2 Å². The maximum absolute atomic E-state index is 13.1. The van der Waals surface area contributed by atoms with Gasteiger partial charge in [-0.05, 0) is 24.3 Å². The van der Waals surface area contributed by atoms with Crippen molar-refractivity contribution in [3.8, 4) is 5.75 Å². The number of halogens is 3. The van der Waals surface area contributed by atoms with Crippen LogP contribution in [0.15, 0.2) is 36.4 Å². The fourth-order valence-electron chi connectivity index (χ4n) is 1.56.